The number of hydrogen-bond donors (Lipinski definition) is 2. The smallest absolute Gasteiger partial charge is 0.270 e. The topological polar surface area (TPSA) is 76.7 Å². The monoisotopic (exact) mass is 388 g/mol. The molecule has 29 heavy (non-hydrogen) atoms. The van der Waals surface area contributed by atoms with Gasteiger partial charge in [0.1, 0.15) is 11.5 Å². The van der Waals surface area contributed by atoms with E-state index in [0.717, 1.165) is 5.56 Å². The Kier molecular flexibility index (Phi) is 5.16. The normalized spacial score (nSPS) is 16.0. The van der Waals surface area contributed by atoms with E-state index in [1.165, 1.54) is 0 Å². The molecule has 2 atom stereocenters. The van der Waals surface area contributed by atoms with Gasteiger partial charge in [-0.1, -0.05) is 48.5 Å². The molecule has 1 heterocycles. The van der Waals surface area contributed by atoms with Crippen molar-refractivity contribution in [1.29, 1.82) is 0 Å². The average Bonchev–Trinajstić information content (AvgIpc) is 2.74. The van der Waals surface area contributed by atoms with Gasteiger partial charge in [0.05, 0.1) is 5.69 Å². The first-order valence-electron chi connectivity index (χ1n) is 9.29. The van der Waals surface area contributed by atoms with Crippen LogP contribution in [0, 0.1) is 0 Å². The number of nitrogens with one attached hydrogen (secondary N) is 2. The Balaban J connectivity index is 1.57. The lowest BCUT2D eigenvalue weighted by molar-refractivity contribution is -0.123. The van der Waals surface area contributed by atoms with E-state index in [9.17, 15) is 9.59 Å². The molecule has 0 radical (unpaired) electrons. The Morgan fingerprint density at radius 3 is 2.45 bits per heavy atom. The van der Waals surface area contributed by atoms with Crippen LogP contribution in [0.15, 0.2) is 78.9 Å². The van der Waals surface area contributed by atoms with Crippen molar-refractivity contribution in [2.24, 2.45) is 0 Å². The Labute approximate surface area is 168 Å². The number of fused-ring (bicyclic) bond motifs is 1. The predicted molar refractivity (Wildman–Crippen MR) is 110 cm³/mol. The molecule has 6 heteroatoms. The van der Waals surface area contributed by atoms with Gasteiger partial charge < -0.3 is 20.1 Å². The second-order valence-electron chi connectivity index (χ2n) is 6.67. The minimum absolute atomic E-state index is 0.226. The van der Waals surface area contributed by atoms with Crippen LogP contribution in [-0.4, -0.2) is 17.9 Å². The van der Waals surface area contributed by atoms with Gasteiger partial charge in [-0.05, 0) is 37.3 Å². The first-order valence-corrected chi connectivity index (χ1v) is 9.29. The Hall–Kier alpha value is -3.80. The molecule has 2 amide bonds. The zero-order valence-electron chi connectivity index (χ0n) is 15.8. The minimum Gasteiger partial charge on any atom is -0.479 e. The van der Waals surface area contributed by atoms with Crippen molar-refractivity contribution < 1.29 is 19.1 Å². The summed E-state index contributed by atoms with van der Waals surface area (Å²) < 4.78 is 11.5. The molecule has 0 aliphatic carbocycles. The van der Waals surface area contributed by atoms with Gasteiger partial charge >= 0.3 is 0 Å². The summed E-state index contributed by atoms with van der Waals surface area (Å²) in [6, 6.07) is 23.6. The van der Waals surface area contributed by atoms with Crippen LogP contribution in [0.4, 0.5) is 11.4 Å². The molecular weight excluding hydrogens is 368 g/mol. The van der Waals surface area contributed by atoms with Crippen molar-refractivity contribution in [2.45, 2.75) is 19.1 Å². The molecule has 1 aliphatic heterocycles. The number of ether oxygens (including phenoxy) is 2. The highest BCUT2D eigenvalue weighted by atomic mass is 16.5. The third-order valence-electron chi connectivity index (χ3n) is 4.52. The summed E-state index contributed by atoms with van der Waals surface area (Å²) in [5, 5.41) is 5.64. The fraction of sp³-hybridized carbons (Fsp3) is 0.130. The number of para-hydroxylation sites is 1. The van der Waals surface area contributed by atoms with Crippen molar-refractivity contribution in [3.8, 4) is 11.5 Å². The van der Waals surface area contributed by atoms with Crippen LogP contribution >= 0.6 is 0 Å². The SMILES string of the molecule is C[C@@H]1Oc2ccc(NC(=O)[C@@H](Oc3ccccc3)c3ccccc3)cc2NC1=O. The van der Waals surface area contributed by atoms with Gasteiger partial charge in [0.25, 0.3) is 11.8 Å². The number of amides is 2. The number of rotatable bonds is 5. The zero-order valence-corrected chi connectivity index (χ0v) is 15.8. The van der Waals surface area contributed by atoms with Gasteiger partial charge in [-0.15, -0.1) is 0 Å². The summed E-state index contributed by atoms with van der Waals surface area (Å²) in [5.74, 6) is 0.610. The fourth-order valence-electron chi connectivity index (χ4n) is 3.03. The van der Waals surface area contributed by atoms with Crippen molar-refractivity contribution in [3.05, 3.63) is 84.4 Å². The molecule has 4 rings (SSSR count). The summed E-state index contributed by atoms with van der Waals surface area (Å²) in [6.45, 7) is 1.68. The fourth-order valence-corrected chi connectivity index (χ4v) is 3.03. The molecule has 2 N–H and O–H groups in total. The van der Waals surface area contributed by atoms with E-state index in [0.29, 0.717) is 22.9 Å². The molecule has 1 aliphatic rings. The quantitative estimate of drug-likeness (QED) is 0.688. The maximum absolute atomic E-state index is 13.0. The van der Waals surface area contributed by atoms with Gasteiger partial charge in [-0.2, -0.15) is 0 Å². The average molecular weight is 388 g/mol. The highest BCUT2D eigenvalue weighted by molar-refractivity contribution is 6.00. The van der Waals surface area contributed by atoms with Crippen molar-refractivity contribution >= 4 is 23.2 Å². The van der Waals surface area contributed by atoms with Crippen LogP contribution < -0.4 is 20.1 Å². The molecule has 0 spiro atoms. The van der Waals surface area contributed by atoms with E-state index < -0.39 is 12.2 Å². The molecule has 3 aromatic rings. The van der Waals surface area contributed by atoms with Gasteiger partial charge in [-0.3, -0.25) is 9.59 Å². The van der Waals surface area contributed by atoms with Crippen molar-refractivity contribution in [3.63, 3.8) is 0 Å². The van der Waals surface area contributed by atoms with Crippen LogP contribution in [0.25, 0.3) is 0 Å². The summed E-state index contributed by atoms with van der Waals surface area (Å²) in [5.41, 5.74) is 1.79. The Morgan fingerprint density at radius 1 is 1.03 bits per heavy atom. The summed E-state index contributed by atoms with van der Waals surface area (Å²) in [7, 11) is 0. The van der Waals surface area contributed by atoms with Crippen LogP contribution in [0.2, 0.25) is 0 Å². The number of benzene rings is 3. The summed E-state index contributed by atoms with van der Waals surface area (Å²) in [4.78, 5) is 24.9. The molecule has 0 aromatic heterocycles. The lowest BCUT2D eigenvalue weighted by Gasteiger charge is -2.24. The highest BCUT2D eigenvalue weighted by Gasteiger charge is 2.26. The lowest BCUT2D eigenvalue weighted by Crippen LogP contribution is -2.34. The largest absolute Gasteiger partial charge is 0.479 e. The summed E-state index contributed by atoms with van der Waals surface area (Å²) >= 11 is 0. The van der Waals surface area contributed by atoms with Crippen LogP contribution in [0.1, 0.15) is 18.6 Å². The number of anilines is 2. The van der Waals surface area contributed by atoms with E-state index in [4.69, 9.17) is 9.47 Å². The Morgan fingerprint density at radius 2 is 1.72 bits per heavy atom. The van der Waals surface area contributed by atoms with E-state index in [-0.39, 0.29) is 11.8 Å². The second-order valence-corrected chi connectivity index (χ2v) is 6.67. The number of carbonyl (C=O) groups excluding carboxylic acids is 2. The standard InChI is InChI=1S/C23H20N2O4/c1-15-22(26)25-19-14-17(12-13-20(19)28-15)24-23(27)21(16-8-4-2-5-9-16)29-18-10-6-3-7-11-18/h2-15,21H,1H3,(H,24,27)(H,25,26)/t15-,21-/m0/s1. The third kappa shape index (κ3) is 4.21. The van der Waals surface area contributed by atoms with Gasteiger partial charge in [-0.25, -0.2) is 0 Å². The third-order valence-corrected chi connectivity index (χ3v) is 4.52. The van der Waals surface area contributed by atoms with E-state index in [2.05, 4.69) is 10.6 Å². The molecule has 0 unspecified atom stereocenters. The number of carbonyl (C=O) groups is 2. The maximum Gasteiger partial charge on any atom is 0.270 e. The zero-order chi connectivity index (χ0) is 20.2. The Bertz CT molecular complexity index is 1020. The molecule has 0 saturated carbocycles. The highest BCUT2D eigenvalue weighted by Crippen LogP contribution is 2.33. The van der Waals surface area contributed by atoms with E-state index in [1.54, 1.807) is 37.3 Å². The van der Waals surface area contributed by atoms with Gasteiger partial charge in [0, 0.05) is 11.3 Å². The molecule has 0 saturated heterocycles. The number of hydrogen-bond acceptors (Lipinski definition) is 4. The van der Waals surface area contributed by atoms with E-state index >= 15 is 0 Å². The van der Waals surface area contributed by atoms with Gasteiger partial charge in [0.2, 0.25) is 6.10 Å². The first kappa shape index (κ1) is 18.6. The maximum atomic E-state index is 13.0. The molecule has 0 bridgehead atoms. The van der Waals surface area contributed by atoms with Crippen LogP contribution in [0.5, 0.6) is 11.5 Å². The second kappa shape index (κ2) is 8.06. The van der Waals surface area contributed by atoms with Gasteiger partial charge in [0.15, 0.2) is 6.10 Å². The minimum atomic E-state index is -0.833. The first-order chi connectivity index (χ1) is 14.1. The van der Waals surface area contributed by atoms with Crippen LogP contribution in [0.3, 0.4) is 0 Å². The van der Waals surface area contributed by atoms with Crippen molar-refractivity contribution in [2.75, 3.05) is 10.6 Å². The van der Waals surface area contributed by atoms with E-state index in [1.807, 2.05) is 48.5 Å². The lowest BCUT2D eigenvalue weighted by atomic mass is 10.1. The molecular formula is C23H20N2O4. The molecule has 6 nitrogen and oxygen atoms in total. The molecule has 0 fully saturated rings. The molecule has 3 aromatic carbocycles. The van der Waals surface area contributed by atoms with Crippen molar-refractivity contribution in [1.82, 2.24) is 0 Å². The molecule has 146 valence electrons. The predicted octanol–water partition coefficient (Wildman–Crippen LogP) is 4.16. The summed E-state index contributed by atoms with van der Waals surface area (Å²) in [6.07, 6.45) is -1.38. The van der Waals surface area contributed by atoms with Crippen LogP contribution in [-0.2, 0) is 9.59 Å².